The summed E-state index contributed by atoms with van der Waals surface area (Å²) < 4.78 is 31.9. The molecule has 0 radical (unpaired) electrons. The summed E-state index contributed by atoms with van der Waals surface area (Å²) in [7, 11) is -1.22. The van der Waals surface area contributed by atoms with E-state index in [0.717, 1.165) is 0 Å². The summed E-state index contributed by atoms with van der Waals surface area (Å²) in [6.45, 7) is 1.82. The van der Waals surface area contributed by atoms with Crippen molar-refractivity contribution in [3.8, 4) is 0 Å². The van der Waals surface area contributed by atoms with Gasteiger partial charge in [-0.25, -0.2) is 8.42 Å². The summed E-state index contributed by atoms with van der Waals surface area (Å²) in [5.41, 5.74) is 0. The number of hydrogen-bond acceptors (Lipinski definition) is 5. The van der Waals surface area contributed by atoms with Gasteiger partial charge in [0.1, 0.15) is 13.5 Å². The van der Waals surface area contributed by atoms with Crippen molar-refractivity contribution in [3.05, 3.63) is 0 Å². The summed E-state index contributed by atoms with van der Waals surface area (Å²) in [5, 5.41) is 0. The van der Waals surface area contributed by atoms with Crippen LogP contribution in [0.5, 0.6) is 0 Å². The van der Waals surface area contributed by atoms with E-state index in [-0.39, 0.29) is 18.3 Å². The Labute approximate surface area is 78.5 Å². The molecule has 0 saturated carbocycles. The molecule has 0 amide bonds. The average molecular weight is 209 g/mol. The van der Waals surface area contributed by atoms with E-state index in [9.17, 15) is 8.42 Å². The van der Waals surface area contributed by atoms with Gasteiger partial charge in [-0.2, -0.15) is 0 Å². The minimum absolute atomic E-state index is 0.239. The third-order valence-corrected chi connectivity index (χ3v) is 3.52. The first-order chi connectivity index (χ1) is 6.14. The SMILES string of the molecule is COCOCN1CCS(=O)(=O)CC1. The summed E-state index contributed by atoms with van der Waals surface area (Å²) >= 11 is 0. The van der Waals surface area contributed by atoms with Crippen molar-refractivity contribution in [1.29, 1.82) is 0 Å². The van der Waals surface area contributed by atoms with Crippen molar-refractivity contribution in [3.63, 3.8) is 0 Å². The Morgan fingerprint density at radius 1 is 1.31 bits per heavy atom. The van der Waals surface area contributed by atoms with Gasteiger partial charge >= 0.3 is 0 Å². The number of methoxy groups -OCH3 is 1. The van der Waals surface area contributed by atoms with E-state index in [2.05, 4.69) is 0 Å². The van der Waals surface area contributed by atoms with Crippen molar-refractivity contribution < 1.29 is 17.9 Å². The lowest BCUT2D eigenvalue weighted by Gasteiger charge is -2.25. The third kappa shape index (κ3) is 4.04. The van der Waals surface area contributed by atoms with Crippen molar-refractivity contribution in [2.45, 2.75) is 0 Å². The Hall–Kier alpha value is -0.170. The van der Waals surface area contributed by atoms with Gasteiger partial charge in [-0.1, -0.05) is 0 Å². The molecular formula is C7H15NO4S. The van der Waals surface area contributed by atoms with Crippen molar-refractivity contribution in [2.24, 2.45) is 0 Å². The van der Waals surface area contributed by atoms with Crippen LogP contribution in [0.1, 0.15) is 0 Å². The molecule has 1 rings (SSSR count). The maximum Gasteiger partial charge on any atom is 0.152 e. The predicted molar refractivity (Wildman–Crippen MR) is 48.1 cm³/mol. The minimum Gasteiger partial charge on any atom is -0.359 e. The molecule has 0 aliphatic carbocycles. The van der Waals surface area contributed by atoms with Crippen molar-refractivity contribution in [1.82, 2.24) is 4.90 Å². The molecule has 0 atom stereocenters. The van der Waals surface area contributed by atoms with Gasteiger partial charge in [-0.3, -0.25) is 4.90 Å². The Balaban J connectivity index is 2.18. The molecule has 0 spiro atoms. The molecule has 13 heavy (non-hydrogen) atoms. The van der Waals surface area contributed by atoms with Crippen LogP contribution in [0.25, 0.3) is 0 Å². The van der Waals surface area contributed by atoms with Gasteiger partial charge < -0.3 is 9.47 Å². The number of nitrogens with zero attached hydrogens (tertiary/aromatic N) is 1. The number of rotatable bonds is 4. The molecule has 1 fully saturated rings. The molecule has 5 nitrogen and oxygen atoms in total. The van der Waals surface area contributed by atoms with Gasteiger partial charge in [0.2, 0.25) is 0 Å². The second-order valence-electron chi connectivity index (χ2n) is 3.01. The lowest BCUT2D eigenvalue weighted by molar-refractivity contribution is -0.0715. The highest BCUT2D eigenvalue weighted by molar-refractivity contribution is 7.91. The zero-order valence-electron chi connectivity index (χ0n) is 7.73. The number of hydrogen-bond donors (Lipinski definition) is 0. The van der Waals surface area contributed by atoms with Gasteiger partial charge in [-0.15, -0.1) is 0 Å². The van der Waals surface area contributed by atoms with Gasteiger partial charge in [-0.05, 0) is 0 Å². The van der Waals surface area contributed by atoms with Crippen molar-refractivity contribution in [2.75, 3.05) is 45.2 Å². The predicted octanol–water partition coefficient (Wildman–Crippen LogP) is -0.705. The maximum atomic E-state index is 11.0. The summed E-state index contributed by atoms with van der Waals surface area (Å²) in [6.07, 6.45) is 0. The molecule has 1 saturated heterocycles. The normalized spacial score (nSPS) is 23.2. The topological polar surface area (TPSA) is 55.8 Å². The minimum atomic E-state index is -2.77. The monoisotopic (exact) mass is 209 g/mol. The maximum absolute atomic E-state index is 11.0. The summed E-state index contributed by atoms with van der Waals surface area (Å²) in [4.78, 5) is 1.96. The molecule has 0 unspecified atom stereocenters. The van der Waals surface area contributed by atoms with Crippen LogP contribution in [0.3, 0.4) is 0 Å². The van der Waals surface area contributed by atoms with E-state index in [0.29, 0.717) is 19.8 Å². The standard InChI is InChI=1S/C7H15NO4S/c1-11-7-12-6-8-2-4-13(9,10)5-3-8/h2-7H2,1H3. The van der Waals surface area contributed by atoms with Crippen LogP contribution in [0, 0.1) is 0 Å². The van der Waals surface area contributed by atoms with E-state index in [4.69, 9.17) is 9.47 Å². The molecule has 0 aromatic rings. The number of sulfone groups is 1. The van der Waals surface area contributed by atoms with Crippen LogP contribution in [0.2, 0.25) is 0 Å². The third-order valence-electron chi connectivity index (χ3n) is 1.91. The Morgan fingerprint density at radius 3 is 2.46 bits per heavy atom. The highest BCUT2D eigenvalue weighted by Crippen LogP contribution is 2.02. The zero-order chi connectivity index (χ0) is 9.73. The van der Waals surface area contributed by atoms with E-state index in [1.54, 1.807) is 7.11 Å². The molecule has 1 heterocycles. The largest absolute Gasteiger partial charge is 0.359 e. The molecule has 1 aliphatic heterocycles. The lowest BCUT2D eigenvalue weighted by atomic mass is 10.5. The molecule has 0 aromatic heterocycles. The highest BCUT2D eigenvalue weighted by Gasteiger charge is 2.20. The molecule has 6 heteroatoms. The van der Waals surface area contributed by atoms with Gasteiger partial charge in [0.15, 0.2) is 9.84 Å². The molecule has 1 aliphatic rings. The lowest BCUT2D eigenvalue weighted by Crippen LogP contribution is -2.41. The highest BCUT2D eigenvalue weighted by atomic mass is 32.2. The Kier molecular flexibility index (Phi) is 4.11. The molecular weight excluding hydrogens is 194 g/mol. The fourth-order valence-corrected chi connectivity index (χ4v) is 2.41. The molecule has 78 valence electrons. The van der Waals surface area contributed by atoms with Crippen LogP contribution in [0.4, 0.5) is 0 Å². The summed E-state index contributed by atoms with van der Waals surface area (Å²) in [6, 6.07) is 0. The second kappa shape index (κ2) is 4.90. The fraction of sp³-hybridized carbons (Fsp3) is 1.00. The van der Waals surface area contributed by atoms with Crippen molar-refractivity contribution >= 4 is 9.84 Å². The van der Waals surface area contributed by atoms with E-state index in [1.165, 1.54) is 0 Å². The van der Waals surface area contributed by atoms with E-state index in [1.807, 2.05) is 4.90 Å². The zero-order valence-corrected chi connectivity index (χ0v) is 8.55. The summed E-state index contributed by atoms with van der Waals surface area (Å²) in [5.74, 6) is 0.479. The van der Waals surface area contributed by atoms with E-state index < -0.39 is 9.84 Å². The second-order valence-corrected chi connectivity index (χ2v) is 5.31. The van der Waals surface area contributed by atoms with E-state index >= 15 is 0 Å². The molecule has 0 N–H and O–H groups in total. The Bertz CT molecular complexity index is 225. The first-order valence-corrected chi connectivity index (χ1v) is 5.96. The van der Waals surface area contributed by atoms with Crippen LogP contribution in [-0.2, 0) is 19.3 Å². The number of ether oxygens (including phenoxy) is 2. The Morgan fingerprint density at radius 2 is 1.92 bits per heavy atom. The van der Waals surface area contributed by atoms with Crippen LogP contribution in [0.15, 0.2) is 0 Å². The van der Waals surface area contributed by atoms with Gasteiger partial charge in [0, 0.05) is 20.2 Å². The van der Waals surface area contributed by atoms with Crippen LogP contribution < -0.4 is 0 Å². The molecule has 0 aromatic carbocycles. The van der Waals surface area contributed by atoms with Gasteiger partial charge in [0.05, 0.1) is 11.5 Å². The quantitative estimate of drug-likeness (QED) is 0.452. The smallest absolute Gasteiger partial charge is 0.152 e. The fourth-order valence-electron chi connectivity index (χ4n) is 1.13. The molecule has 0 bridgehead atoms. The van der Waals surface area contributed by atoms with Crippen LogP contribution >= 0.6 is 0 Å². The first-order valence-electron chi connectivity index (χ1n) is 4.13. The first kappa shape index (κ1) is 10.9. The van der Waals surface area contributed by atoms with Gasteiger partial charge in [0.25, 0.3) is 0 Å². The van der Waals surface area contributed by atoms with Crippen LogP contribution in [-0.4, -0.2) is 58.5 Å². The average Bonchev–Trinajstić information content (AvgIpc) is 2.08.